The van der Waals surface area contributed by atoms with Gasteiger partial charge in [-0.1, -0.05) is 34.6 Å². The van der Waals surface area contributed by atoms with Gasteiger partial charge in [0, 0.05) is 6.04 Å². The van der Waals surface area contributed by atoms with Gasteiger partial charge in [0.1, 0.15) is 12.1 Å². The molecule has 164 valence electrons. The molecule has 4 amide bonds. The number of hydrogen-bond acceptors (Lipinski definition) is 5. The Labute approximate surface area is 173 Å². The van der Waals surface area contributed by atoms with Gasteiger partial charge < -0.3 is 15.4 Å². The van der Waals surface area contributed by atoms with Crippen molar-refractivity contribution in [1.29, 1.82) is 0 Å². The van der Waals surface area contributed by atoms with Crippen molar-refractivity contribution in [1.82, 2.24) is 15.5 Å². The number of rotatable bonds is 7. The minimum Gasteiger partial charge on any atom is -0.451 e. The first kappa shape index (κ1) is 23.2. The van der Waals surface area contributed by atoms with Crippen LogP contribution in [-0.2, 0) is 19.1 Å². The SMILES string of the molecule is CCC(CC)NC(=O)C(C)OC(=O)CN1C(=O)NC2(CC(C)CC(C)(C)C2)C1=O. The minimum atomic E-state index is -0.994. The van der Waals surface area contributed by atoms with Crippen LogP contribution >= 0.6 is 0 Å². The molecule has 1 aliphatic carbocycles. The zero-order chi connectivity index (χ0) is 22.0. The number of carbonyl (C=O) groups excluding carboxylic acids is 4. The van der Waals surface area contributed by atoms with Gasteiger partial charge in [0.25, 0.3) is 11.8 Å². The number of nitrogens with one attached hydrogen (secondary N) is 2. The summed E-state index contributed by atoms with van der Waals surface area (Å²) in [4.78, 5) is 50.9. The van der Waals surface area contributed by atoms with Gasteiger partial charge in [0.15, 0.2) is 6.10 Å². The highest BCUT2D eigenvalue weighted by atomic mass is 16.5. The van der Waals surface area contributed by atoms with E-state index in [9.17, 15) is 19.2 Å². The van der Waals surface area contributed by atoms with Gasteiger partial charge in [-0.3, -0.25) is 19.3 Å². The van der Waals surface area contributed by atoms with E-state index >= 15 is 0 Å². The number of urea groups is 1. The van der Waals surface area contributed by atoms with E-state index in [1.807, 2.05) is 13.8 Å². The number of amides is 4. The highest BCUT2D eigenvalue weighted by Gasteiger charge is 2.56. The lowest BCUT2D eigenvalue weighted by Gasteiger charge is -2.43. The largest absolute Gasteiger partial charge is 0.451 e. The Morgan fingerprint density at radius 2 is 1.86 bits per heavy atom. The molecule has 1 aliphatic heterocycles. The van der Waals surface area contributed by atoms with E-state index in [4.69, 9.17) is 4.74 Å². The normalized spacial score (nSPS) is 27.1. The van der Waals surface area contributed by atoms with Crippen molar-refractivity contribution in [2.45, 2.75) is 91.3 Å². The molecular weight excluding hydrogens is 374 g/mol. The van der Waals surface area contributed by atoms with Gasteiger partial charge in [0.05, 0.1) is 0 Å². The highest BCUT2D eigenvalue weighted by molar-refractivity contribution is 6.08. The van der Waals surface area contributed by atoms with Crippen LogP contribution in [0.25, 0.3) is 0 Å². The smallest absolute Gasteiger partial charge is 0.327 e. The minimum absolute atomic E-state index is 0.0195. The summed E-state index contributed by atoms with van der Waals surface area (Å²) >= 11 is 0. The first-order chi connectivity index (χ1) is 13.4. The third kappa shape index (κ3) is 5.28. The molecule has 0 bridgehead atoms. The molecule has 29 heavy (non-hydrogen) atoms. The van der Waals surface area contributed by atoms with Crippen LogP contribution in [0.3, 0.4) is 0 Å². The van der Waals surface area contributed by atoms with Gasteiger partial charge in [-0.05, 0) is 50.4 Å². The summed E-state index contributed by atoms with van der Waals surface area (Å²) in [6.45, 7) is 11.1. The van der Waals surface area contributed by atoms with E-state index in [0.717, 1.165) is 24.2 Å². The molecule has 1 saturated heterocycles. The lowest BCUT2D eigenvalue weighted by molar-refractivity contribution is -0.157. The third-order valence-corrected chi connectivity index (χ3v) is 5.92. The van der Waals surface area contributed by atoms with Crippen molar-refractivity contribution in [2.24, 2.45) is 11.3 Å². The summed E-state index contributed by atoms with van der Waals surface area (Å²) in [5, 5.41) is 5.65. The molecule has 1 heterocycles. The molecule has 0 aromatic rings. The standard InChI is InChI=1S/C21H35N3O5/c1-7-15(8-2)22-17(26)14(4)29-16(25)11-24-18(27)21(23-19(24)28)10-13(3)9-20(5,6)12-21/h13-15H,7-12H2,1-6H3,(H,22,26)(H,23,28). The van der Waals surface area contributed by atoms with E-state index in [1.54, 1.807) is 0 Å². The Hall–Kier alpha value is -2.12. The second kappa shape index (κ2) is 8.71. The predicted octanol–water partition coefficient (Wildman–Crippen LogP) is 2.36. The van der Waals surface area contributed by atoms with Crippen LogP contribution in [0.5, 0.6) is 0 Å². The van der Waals surface area contributed by atoms with Crippen molar-refractivity contribution in [3.8, 4) is 0 Å². The second-order valence-corrected chi connectivity index (χ2v) is 9.41. The van der Waals surface area contributed by atoms with Gasteiger partial charge in [0.2, 0.25) is 0 Å². The Bertz CT molecular complexity index is 673. The van der Waals surface area contributed by atoms with E-state index < -0.39 is 30.2 Å². The molecule has 1 spiro atoms. The van der Waals surface area contributed by atoms with Gasteiger partial charge in [-0.15, -0.1) is 0 Å². The maximum absolute atomic E-state index is 13.1. The van der Waals surface area contributed by atoms with Crippen molar-refractivity contribution >= 4 is 23.8 Å². The summed E-state index contributed by atoms with van der Waals surface area (Å²) in [5.41, 5.74) is -1.05. The quantitative estimate of drug-likeness (QED) is 0.496. The number of nitrogens with zero attached hydrogens (tertiary/aromatic N) is 1. The number of carbonyl (C=O) groups is 4. The monoisotopic (exact) mass is 409 g/mol. The Morgan fingerprint density at radius 3 is 2.41 bits per heavy atom. The Kier molecular flexibility index (Phi) is 6.96. The number of esters is 1. The molecule has 2 fully saturated rings. The van der Waals surface area contributed by atoms with Crippen LogP contribution in [0.4, 0.5) is 4.79 Å². The molecule has 3 unspecified atom stereocenters. The molecule has 1 saturated carbocycles. The van der Waals surface area contributed by atoms with Crippen LogP contribution in [0.15, 0.2) is 0 Å². The van der Waals surface area contributed by atoms with Crippen LogP contribution in [-0.4, -0.2) is 52.9 Å². The first-order valence-corrected chi connectivity index (χ1v) is 10.6. The van der Waals surface area contributed by atoms with E-state index in [2.05, 4.69) is 31.4 Å². The lowest BCUT2D eigenvalue weighted by Crippen LogP contribution is -2.54. The molecule has 0 radical (unpaired) electrons. The fraction of sp³-hybridized carbons (Fsp3) is 0.810. The number of imide groups is 1. The topological polar surface area (TPSA) is 105 Å². The van der Waals surface area contributed by atoms with Crippen LogP contribution in [0.1, 0.15) is 73.6 Å². The summed E-state index contributed by atoms with van der Waals surface area (Å²) in [6.07, 6.45) is 2.63. The highest BCUT2D eigenvalue weighted by Crippen LogP contribution is 2.46. The van der Waals surface area contributed by atoms with Crippen LogP contribution < -0.4 is 10.6 Å². The van der Waals surface area contributed by atoms with Crippen molar-refractivity contribution < 1.29 is 23.9 Å². The Morgan fingerprint density at radius 1 is 1.24 bits per heavy atom. The molecule has 8 nitrogen and oxygen atoms in total. The predicted molar refractivity (Wildman–Crippen MR) is 108 cm³/mol. The van der Waals surface area contributed by atoms with Gasteiger partial charge >= 0.3 is 12.0 Å². The summed E-state index contributed by atoms with van der Waals surface area (Å²) in [7, 11) is 0. The van der Waals surface area contributed by atoms with Gasteiger partial charge in [-0.25, -0.2) is 4.79 Å². The number of hydrogen-bond donors (Lipinski definition) is 2. The molecule has 8 heteroatoms. The van der Waals surface area contributed by atoms with E-state index in [-0.39, 0.29) is 29.2 Å². The molecular formula is C21H35N3O5. The van der Waals surface area contributed by atoms with Crippen LogP contribution in [0.2, 0.25) is 0 Å². The number of ether oxygens (including phenoxy) is 1. The fourth-order valence-electron chi connectivity index (χ4n) is 4.88. The second-order valence-electron chi connectivity index (χ2n) is 9.41. The van der Waals surface area contributed by atoms with Gasteiger partial charge in [-0.2, -0.15) is 0 Å². The maximum Gasteiger partial charge on any atom is 0.327 e. The maximum atomic E-state index is 13.1. The zero-order valence-electron chi connectivity index (χ0n) is 18.5. The molecule has 2 N–H and O–H groups in total. The average molecular weight is 410 g/mol. The average Bonchev–Trinajstić information content (AvgIpc) is 2.80. The van der Waals surface area contributed by atoms with E-state index in [1.165, 1.54) is 6.92 Å². The third-order valence-electron chi connectivity index (χ3n) is 5.92. The zero-order valence-corrected chi connectivity index (χ0v) is 18.5. The molecule has 0 aromatic carbocycles. The van der Waals surface area contributed by atoms with E-state index in [0.29, 0.717) is 12.8 Å². The van der Waals surface area contributed by atoms with Crippen molar-refractivity contribution in [3.05, 3.63) is 0 Å². The van der Waals surface area contributed by atoms with Crippen molar-refractivity contribution in [3.63, 3.8) is 0 Å². The van der Waals surface area contributed by atoms with Crippen molar-refractivity contribution in [2.75, 3.05) is 6.54 Å². The first-order valence-electron chi connectivity index (χ1n) is 10.6. The summed E-state index contributed by atoms with van der Waals surface area (Å²) in [5.74, 6) is -1.26. The lowest BCUT2D eigenvalue weighted by atomic mass is 9.64. The Balaban J connectivity index is 1.99. The molecule has 2 rings (SSSR count). The molecule has 2 aliphatic rings. The van der Waals surface area contributed by atoms with Crippen LogP contribution in [0, 0.1) is 11.3 Å². The molecule has 3 atom stereocenters. The summed E-state index contributed by atoms with van der Waals surface area (Å²) in [6, 6.07) is -0.558. The fourth-order valence-corrected chi connectivity index (χ4v) is 4.88. The summed E-state index contributed by atoms with van der Waals surface area (Å²) < 4.78 is 5.17. The molecule has 0 aromatic heterocycles.